The number of hydrogen-bond donors (Lipinski definition) is 1. The molecule has 2 aromatic heterocycles. The van der Waals surface area contributed by atoms with Crippen LogP contribution in [-0.4, -0.2) is 53.1 Å². The summed E-state index contributed by atoms with van der Waals surface area (Å²) >= 11 is 6.72. The third-order valence-corrected chi connectivity index (χ3v) is 9.06. The first-order valence-electron chi connectivity index (χ1n) is 14.0. The molecular formula is C30H27ClFN5O4. The monoisotopic (exact) mass is 575 g/mol. The van der Waals surface area contributed by atoms with Gasteiger partial charge in [0.25, 0.3) is 5.91 Å². The Morgan fingerprint density at radius 2 is 1.98 bits per heavy atom. The Hall–Kier alpha value is -3.76. The number of urea groups is 1. The number of aryl methyl sites for hydroxylation is 1. The van der Waals surface area contributed by atoms with Gasteiger partial charge in [0, 0.05) is 36.8 Å². The van der Waals surface area contributed by atoms with Crippen molar-refractivity contribution < 1.29 is 23.5 Å². The maximum Gasteiger partial charge on any atom is 0.326 e. The van der Waals surface area contributed by atoms with E-state index in [-0.39, 0.29) is 35.5 Å². The van der Waals surface area contributed by atoms with Crippen LogP contribution in [0.5, 0.6) is 5.75 Å². The molecule has 0 bridgehead atoms. The van der Waals surface area contributed by atoms with E-state index in [9.17, 15) is 14.0 Å². The molecule has 1 saturated carbocycles. The van der Waals surface area contributed by atoms with Gasteiger partial charge in [0.2, 0.25) is 0 Å². The zero-order chi connectivity index (χ0) is 27.9. The van der Waals surface area contributed by atoms with E-state index in [2.05, 4.69) is 10.3 Å². The van der Waals surface area contributed by atoms with Crippen molar-refractivity contribution in [1.82, 2.24) is 14.9 Å². The lowest BCUT2D eigenvalue weighted by atomic mass is 9.78. The minimum absolute atomic E-state index is 0.113. The first-order valence-corrected chi connectivity index (χ1v) is 14.3. The van der Waals surface area contributed by atoms with Gasteiger partial charge in [-0.05, 0) is 55.5 Å². The second kappa shape index (κ2) is 9.12. The molecule has 1 N–H and O–H groups in total. The van der Waals surface area contributed by atoms with Crippen LogP contribution in [0.2, 0.25) is 5.02 Å². The van der Waals surface area contributed by atoms with Crippen LogP contribution in [0.1, 0.15) is 64.3 Å². The van der Waals surface area contributed by atoms with Gasteiger partial charge >= 0.3 is 6.03 Å². The Kier molecular flexibility index (Phi) is 5.56. The summed E-state index contributed by atoms with van der Waals surface area (Å²) in [5.74, 6) is 0.283. The third-order valence-electron chi connectivity index (χ3n) is 8.76. The zero-order valence-electron chi connectivity index (χ0n) is 22.2. The molecule has 1 spiro atoms. The molecule has 3 aromatic rings. The van der Waals surface area contributed by atoms with E-state index >= 15 is 0 Å². The highest BCUT2D eigenvalue weighted by atomic mass is 35.5. The molecule has 3 fully saturated rings. The first kappa shape index (κ1) is 25.0. The van der Waals surface area contributed by atoms with Gasteiger partial charge in [0.1, 0.15) is 29.1 Å². The Morgan fingerprint density at radius 3 is 2.71 bits per heavy atom. The number of fused-ring (bicyclic) bond motifs is 2. The molecule has 8 rings (SSSR count). The second-order valence-electron chi connectivity index (χ2n) is 11.8. The number of pyridine rings is 2. The summed E-state index contributed by atoms with van der Waals surface area (Å²) in [4.78, 5) is 39.1. The van der Waals surface area contributed by atoms with Crippen LogP contribution in [0.4, 0.5) is 20.6 Å². The maximum atomic E-state index is 14.4. The smallest absolute Gasteiger partial charge is 0.326 e. The van der Waals surface area contributed by atoms with Crippen LogP contribution in [0.3, 0.4) is 0 Å². The van der Waals surface area contributed by atoms with Crippen molar-refractivity contribution in [2.24, 2.45) is 5.41 Å². The molecule has 1 aromatic carbocycles. The van der Waals surface area contributed by atoms with Crippen LogP contribution in [0.25, 0.3) is 0 Å². The topological polar surface area (TPSA) is 96.9 Å². The van der Waals surface area contributed by atoms with Gasteiger partial charge in [0.05, 0.1) is 47.3 Å². The summed E-state index contributed by atoms with van der Waals surface area (Å²) in [6, 6.07) is 7.83. The number of benzene rings is 1. The Morgan fingerprint density at radius 1 is 1.15 bits per heavy atom. The predicted octanol–water partition coefficient (Wildman–Crippen LogP) is 5.24. The van der Waals surface area contributed by atoms with Crippen LogP contribution in [0.15, 0.2) is 36.5 Å². The number of aromatic nitrogens is 2. The number of nitrogens with one attached hydrogen (secondary N) is 1. The molecule has 11 heteroatoms. The largest absolute Gasteiger partial charge is 0.484 e. The van der Waals surface area contributed by atoms with E-state index < -0.39 is 11.9 Å². The zero-order valence-corrected chi connectivity index (χ0v) is 22.9. The van der Waals surface area contributed by atoms with Gasteiger partial charge in [-0.3, -0.25) is 14.7 Å². The fourth-order valence-electron chi connectivity index (χ4n) is 6.34. The fraction of sp³-hybridized carbons (Fsp3) is 0.400. The SMILES string of the molecule is O=C(c1cc2c(c(C3CC3)n1)CN(c1cc3c(cc1Cl)CCC(c1ncccc1F)O3)C(=O)N2)N1CC2(COC2)C1. The van der Waals surface area contributed by atoms with Gasteiger partial charge in [-0.1, -0.05) is 11.6 Å². The van der Waals surface area contributed by atoms with E-state index in [1.807, 2.05) is 11.0 Å². The minimum atomic E-state index is -0.534. The van der Waals surface area contributed by atoms with Crippen molar-refractivity contribution in [3.8, 4) is 5.75 Å². The average molecular weight is 576 g/mol. The minimum Gasteiger partial charge on any atom is -0.484 e. The maximum absolute atomic E-state index is 14.4. The van der Waals surface area contributed by atoms with Crippen molar-refractivity contribution in [1.29, 1.82) is 0 Å². The van der Waals surface area contributed by atoms with Crippen molar-refractivity contribution >= 4 is 34.9 Å². The fourth-order valence-corrected chi connectivity index (χ4v) is 6.63. The number of ether oxygens (including phenoxy) is 2. The van der Waals surface area contributed by atoms with E-state index in [0.717, 1.165) is 29.7 Å². The number of rotatable bonds is 4. The normalized spacial score (nSPS) is 22.2. The summed E-state index contributed by atoms with van der Waals surface area (Å²) in [5, 5.41) is 3.41. The number of nitrogens with zero attached hydrogens (tertiary/aromatic N) is 4. The van der Waals surface area contributed by atoms with Crippen molar-refractivity contribution in [3.63, 3.8) is 0 Å². The van der Waals surface area contributed by atoms with Gasteiger partial charge in [-0.25, -0.2) is 14.2 Å². The number of likely N-dealkylation sites (tertiary alicyclic amines) is 1. The van der Waals surface area contributed by atoms with E-state index in [1.54, 1.807) is 29.3 Å². The number of carbonyl (C=O) groups is 2. The molecule has 41 heavy (non-hydrogen) atoms. The Balaban J connectivity index is 1.09. The summed E-state index contributed by atoms with van der Waals surface area (Å²) in [6.45, 7) is 3.01. The van der Waals surface area contributed by atoms with Crippen LogP contribution in [-0.2, 0) is 17.7 Å². The first-order chi connectivity index (χ1) is 19.9. The van der Waals surface area contributed by atoms with Gasteiger partial charge in [-0.2, -0.15) is 0 Å². The molecule has 1 atom stereocenters. The molecule has 5 aliphatic rings. The molecule has 9 nitrogen and oxygen atoms in total. The van der Waals surface area contributed by atoms with Crippen LogP contribution >= 0.6 is 11.6 Å². The summed E-state index contributed by atoms with van der Waals surface area (Å²) in [6.07, 6.45) is 4.21. The Bertz CT molecular complexity index is 1620. The summed E-state index contributed by atoms with van der Waals surface area (Å²) in [5.41, 5.74) is 4.49. The highest BCUT2D eigenvalue weighted by Gasteiger charge is 2.51. The second-order valence-corrected chi connectivity index (χ2v) is 12.2. The van der Waals surface area contributed by atoms with Crippen molar-refractivity contribution in [2.45, 2.75) is 44.2 Å². The highest BCUT2D eigenvalue weighted by molar-refractivity contribution is 6.34. The van der Waals surface area contributed by atoms with Crippen molar-refractivity contribution in [3.05, 3.63) is 75.6 Å². The number of hydrogen-bond acceptors (Lipinski definition) is 6. The Labute approximate surface area is 240 Å². The summed E-state index contributed by atoms with van der Waals surface area (Å²) in [7, 11) is 0. The molecule has 2 saturated heterocycles. The average Bonchev–Trinajstić information content (AvgIpc) is 3.76. The highest BCUT2D eigenvalue weighted by Crippen LogP contribution is 2.46. The molecule has 6 heterocycles. The number of amides is 3. The molecule has 0 radical (unpaired) electrons. The van der Waals surface area contributed by atoms with E-state index in [4.69, 9.17) is 26.1 Å². The molecule has 210 valence electrons. The van der Waals surface area contributed by atoms with Crippen LogP contribution in [0, 0.1) is 11.2 Å². The summed E-state index contributed by atoms with van der Waals surface area (Å²) < 4.78 is 25.9. The number of halogens is 2. The van der Waals surface area contributed by atoms with Crippen LogP contribution < -0.4 is 15.0 Å². The lowest BCUT2D eigenvalue weighted by Crippen LogP contribution is -2.67. The lowest BCUT2D eigenvalue weighted by molar-refractivity contribution is -0.176. The number of carbonyl (C=O) groups excluding carboxylic acids is 2. The molecular weight excluding hydrogens is 549 g/mol. The molecule has 1 unspecified atom stereocenters. The standard InChI is InChI=1S/C30H27ClFN5O4/c31-19-8-17-5-6-24(27-20(32)2-1-7-33-27)41-25(17)10-23(19)37-11-18-21(35-29(37)39)9-22(34-26(18)16-3-4-16)28(38)36-12-30(13-36)14-40-15-30/h1-2,7-10,16,24H,3-6,11-15H2,(H,35,39). The van der Waals surface area contributed by atoms with Crippen molar-refractivity contribution in [2.75, 3.05) is 36.5 Å². The van der Waals surface area contributed by atoms with Gasteiger partial charge in [0.15, 0.2) is 0 Å². The predicted molar refractivity (Wildman–Crippen MR) is 148 cm³/mol. The quantitative estimate of drug-likeness (QED) is 0.457. The molecule has 3 amide bonds. The van der Waals surface area contributed by atoms with Gasteiger partial charge < -0.3 is 19.7 Å². The van der Waals surface area contributed by atoms with E-state index in [1.165, 1.54) is 6.07 Å². The molecule has 4 aliphatic heterocycles. The third kappa shape index (κ3) is 4.15. The molecule has 1 aliphatic carbocycles. The lowest BCUT2D eigenvalue weighted by Gasteiger charge is -2.54. The van der Waals surface area contributed by atoms with Gasteiger partial charge in [-0.15, -0.1) is 0 Å². The number of anilines is 2. The van der Waals surface area contributed by atoms with E-state index in [0.29, 0.717) is 67.0 Å².